The zero-order valence-electron chi connectivity index (χ0n) is 19.6. The third kappa shape index (κ3) is 6.74. The van der Waals surface area contributed by atoms with E-state index in [1.165, 1.54) is 11.1 Å². The average molecular weight is 502 g/mol. The summed E-state index contributed by atoms with van der Waals surface area (Å²) >= 11 is 7.86. The van der Waals surface area contributed by atoms with Crippen molar-refractivity contribution in [3.63, 3.8) is 0 Å². The first-order valence-electron chi connectivity index (χ1n) is 10.9. The van der Waals surface area contributed by atoms with Crippen LogP contribution >= 0.6 is 23.4 Å². The lowest BCUT2D eigenvalue weighted by atomic mass is 10.2. The standard InChI is InChI=1S/C24H28ClN5O3S/c1-5-33-21(31)13-26-23(32)27-17(4)22-28-29-24(34-14-18-8-6-7-15(2)11-18)30(22)20-12-19(25)10-9-16(20)3/h6-12,17H,5,13-14H2,1-4H3,(H2,26,27,32). The molecule has 0 saturated carbocycles. The SMILES string of the molecule is CCOC(=O)CNC(=O)NC(C)c1nnc(SCc2cccc(C)c2)n1-c1cc(Cl)ccc1C. The third-order valence-electron chi connectivity index (χ3n) is 4.95. The van der Waals surface area contributed by atoms with E-state index in [-0.39, 0.29) is 13.2 Å². The Labute approximate surface area is 208 Å². The van der Waals surface area contributed by atoms with Crippen molar-refractivity contribution in [2.75, 3.05) is 13.2 Å². The number of carbonyl (C=O) groups is 2. The predicted molar refractivity (Wildman–Crippen MR) is 133 cm³/mol. The molecule has 1 aromatic heterocycles. The number of aromatic nitrogens is 3. The summed E-state index contributed by atoms with van der Waals surface area (Å²) in [4.78, 5) is 23.9. The number of carbonyl (C=O) groups excluding carboxylic acids is 2. The molecule has 0 radical (unpaired) electrons. The minimum Gasteiger partial charge on any atom is -0.465 e. The lowest BCUT2D eigenvalue weighted by Crippen LogP contribution is -2.40. The maximum absolute atomic E-state index is 12.3. The first kappa shape index (κ1) is 25.6. The van der Waals surface area contributed by atoms with E-state index in [1.54, 1.807) is 25.6 Å². The fourth-order valence-corrected chi connectivity index (χ4v) is 4.39. The summed E-state index contributed by atoms with van der Waals surface area (Å²) in [6, 6.07) is 12.9. The van der Waals surface area contributed by atoms with E-state index in [9.17, 15) is 9.59 Å². The number of esters is 1. The number of nitrogens with one attached hydrogen (secondary N) is 2. The zero-order valence-corrected chi connectivity index (χ0v) is 21.2. The van der Waals surface area contributed by atoms with Crippen LogP contribution in [-0.2, 0) is 15.3 Å². The van der Waals surface area contributed by atoms with Crippen LogP contribution in [0, 0.1) is 13.8 Å². The predicted octanol–water partition coefficient (Wildman–Crippen LogP) is 4.75. The van der Waals surface area contributed by atoms with Crippen molar-refractivity contribution in [1.82, 2.24) is 25.4 Å². The number of benzene rings is 2. The van der Waals surface area contributed by atoms with Gasteiger partial charge in [-0.3, -0.25) is 9.36 Å². The molecule has 2 N–H and O–H groups in total. The number of hydrogen-bond acceptors (Lipinski definition) is 6. The molecule has 8 nitrogen and oxygen atoms in total. The highest BCUT2D eigenvalue weighted by Crippen LogP contribution is 2.30. The van der Waals surface area contributed by atoms with Crippen LogP contribution in [0.15, 0.2) is 47.6 Å². The fraction of sp³-hybridized carbons (Fsp3) is 0.333. The van der Waals surface area contributed by atoms with E-state index in [0.717, 1.165) is 11.3 Å². The van der Waals surface area contributed by atoms with E-state index >= 15 is 0 Å². The molecule has 180 valence electrons. The lowest BCUT2D eigenvalue weighted by Gasteiger charge is -2.18. The molecule has 0 saturated heterocycles. The third-order valence-corrected chi connectivity index (χ3v) is 6.19. The zero-order chi connectivity index (χ0) is 24.7. The molecule has 2 aromatic carbocycles. The highest BCUT2D eigenvalue weighted by molar-refractivity contribution is 7.98. The first-order valence-corrected chi connectivity index (χ1v) is 12.2. The van der Waals surface area contributed by atoms with Crippen LogP contribution in [0.25, 0.3) is 5.69 Å². The Morgan fingerprint density at radius 1 is 1.18 bits per heavy atom. The monoisotopic (exact) mass is 501 g/mol. The van der Waals surface area contributed by atoms with Crippen molar-refractivity contribution >= 4 is 35.4 Å². The molecule has 0 bridgehead atoms. The van der Waals surface area contributed by atoms with Gasteiger partial charge in [-0.25, -0.2) is 4.79 Å². The fourth-order valence-electron chi connectivity index (χ4n) is 3.33. The summed E-state index contributed by atoms with van der Waals surface area (Å²) in [6.45, 7) is 7.59. The summed E-state index contributed by atoms with van der Waals surface area (Å²) in [5, 5.41) is 15.4. The summed E-state index contributed by atoms with van der Waals surface area (Å²) in [5.74, 6) is 0.752. The van der Waals surface area contributed by atoms with Crippen LogP contribution in [-0.4, -0.2) is 39.9 Å². The Morgan fingerprint density at radius 2 is 1.97 bits per heavy atom. The van der Waals surface area contributed by atoms with Crippen LogP contribution < -0.4 is 10.6 Å². The van der Waals surface area contributed by atoms with Gasteiger partial charge in [0.25, 0.3) is 0 Å². The van der Waals surface area contributed by atoms with Gasteiger partial charge < -0.3 is 15.4 Å². The Kier molecular flexibility index (Phi) is 8.95. The van der Waals surface area contributed by atoms with Gasteiger partial charge in [-0.1, -0.05) is 59.3 Å². The van der Waals surface area contributed by atoms with Gasteiger partial charge in [0.1, 0.15) is 6.54 Å². The number of thioether (sulfide) groups is 1. The van der Waals surface area contributed by atoms with E-state index in [2.05, 4.69) is 46.0 Å². The maximum atomic E-state index is 12.3. The van der Waals surface area contributed by atoms with Crippen molar-refractivity contribution in [1.29, 1.82) is 0 Å². The van der Waals surface area contributed by atoms with Crippen LogP contribution in [0.4, 0.5) is 4.79 Å². The topological polar surface area (TPSA) is 98.1 Å². The number of halogens is 1. The van der Waals surface area contributed by atoms with Gasteiger partial charge in [-0.15, -0.1) is 10.2 Å². The molecule has 34 heavy (non-hydrogen) atoms. The molecule has 0 aliphatic carbocycles. The summed E-state index contributed by atoms with van der Waals surface area (Å²) in [7, 11) is 0. The highest BCUT2D eigenvalue weighted by atomic mass is 35.5. The normalized spacial score (nSPS) is 11.7. The number of amides is 2. The molecular formula is C24H28ClN5O3S. The van der Waals surface area contributed by atoms with Gasteiger partial charge in [0.2, 0.25) is 0 Å². The second-order valence-corrected chi connectivity index (χ2v) is 9.12. The minimum absolute atomic E-state index is 0.218. The van der Waals surface area contributed by atoms with Crippen molar-refractivity contribution in [3.8, 4) is 5.69 Å². The quantitative estimate of drug-likeness (QED) is 0.324. The van der Waals surface area contributed by atoms with Crippen molar-refractivity contribution in [2.45, 2.75) is 44.6 Å². The average Bonchev–Trinajstić information content (AvgIpc) is 3.22. The molecule has 10 heteroatoms. The summed E-state index contributed by atoms with van der Waals surface area (Å²) in [6.07, 6.45) is 0. The molecule has 1 heterocycles. The van der Waals surface area contributed by atoms with E-state index in [0.29, 0.717) is 21.8 Å². The molecule has 0 aliphatic rings. The van der Waals surface area contributed by atoms with Crippen LogP contribution in [0.1, 0.15) is 42.4 Å². The highest BCUT2D eigenvalue weighted by Gasteiger charge is 2.22. The number of ether oxygens (including phenoxy) is 1. The second-order valence-electron chi connectivity index (χ2n) is 7.74. The molecule has 0 aliphatic heterocycles. The smallest absolute Gasteiger partial charge is 0.325 e. The minimum atomic E-state index is -0.508. The molecule has 1 unspecified atom stereocenters. The number of urea groups is 1. The molecule has 3 aromatic rings. The van der Waals surface area contributed by atoms with Gasteiger partial charge in [0, 0.05) is 10.8 Å². The van der Waals surface area contributed by atoms with E-state index in [4.69, 9.17) is 16.3 Å². The molecule has 3 rings (SSSR count). The summed E-state index contributed by atoms with van der Waals surface area (Å²) in [5.41, 5.74) is 4.19. The van der Waals surface area contributed by atoms with Gasteiger partial charge >= 0.3 is 12.0 Å². The van der Waals surface area contributed by atoms with Crippen molar-refractivity contribution < 1.29 is 14.3 Å². The van der Waals surface area contributed by atoms with Crippen LogP contribution in [0.2, 0.25) is 5.02 Å². The Bertz CT molecular complexity index is 1170. The maximum Gasteiger partial charge on any atom is 0.325 e. The first-order chi connectivity index (χ1) is 16.3. The second kappa shape index (κ2) is 11.9. The molecule has 2 amide bonds. The Hall–Kier alpha value is -3.04. The van der Waals surface area contributed by atoms with Gasteiger partial charge in [0.15, 0.2) is 11.0 Å². The number of nitrogens with zero attached hydrogens (tertiary/aromatic N) is 3. The number of rotatable bonds is 9. The van der Waals surface area contributed by atoms with E-state index < -0.39 is 18.0 Å². The van der Waals surface area contributed by atoms with Crippen LogP contribution in [0.3, 0.4) is 0 Å². The van der Waals surface area contributed by atoms with E-state index in [1.807, 2.05) is 35.8 Å². The van der Waals surface area contributed by atoms with Crippen LogP contribution in [0.5, 0.6) is 0 Å². The van der Waals surface area contributed by atoms with Gasteiger partial charge in [-0.2, -0.15) is 0 Å². The summed E-state index contributed by atoms with van der Waals surface area (Å²) < 4.78 is 6.75. The molecular weight excluding hydrogens is 474 g/mol. The number of aryl methyl sites for hydroxylation is 2. The van der Waals surface area contributed by atoms with Gasteiger partial charge in [0.05, 0.1) is 18.3 Å². The number of hydrogen-bond donors (Lipinski definition) is 2. The lowest BCUT2D eigenvalue weighted by molar-refractivity contribution is -0.141. The molecule has 0 fully saturated rings. The van der Waals surface area contributed by atoms with Crippen molar-refractivity contribution in [3.05, 3.63) is 70.0 Å². The van der Waals surface area contributed by atoms with Gasteiger partial charge in [-0.05, 0) is 51.0 Å². The molecule has 0 spiro atoms. The Morgan fingerprint density at radius 3 is 2.71 bits per heavy atom. The largest absolute Gasteiger partial charge is 0.465 e. The Balaban J connectivity index is 1.85. The van der Waals surface area contributed by atoms with Crippen molar-refractivity contribution in [2.24, 2.45) is 0 Å². The molecule has 1 atom stereocenters.